The molecule has 1 unspecified atom stereocenters. The predicted octanol–water partition coefficient (Wildman–Crippen LogP) is 3.14. The molecule has 0 spiro atoms. The molecular formula is C25H37N5O5S. The van der Waals surface area contributed by atoms with Gasteiger partial charge in [0.25, 0.3) is 0 Å². The van der Waals surface area contributed by atoms with E-state index in [4.69, 9.17) is 9.83 Å². The summed E-state index contributed by atoms with van der Waals surface area (Å²) in [5, 5.41) is 13.8. The number of hydroxylamine groups is 2. The number of carboxylic acid groups (broad SMARTS) is 1. The van der Waals surface area contributed by atoms with E-state index in [1.54, 1.807) is 0 Å². The molecule has 1 aromatic heterocycles. The lowest BCUT2D eigenvalue weighted by Crippen LogP contribution is -2.53. The molecule has 0 saturated carbocycles. The number of carbonyl (C=O) groups is 1. The molecule has 2 heterocycles. The molecule has 1 aromatic carbocycles. The summed E-state index contributed by atoms with van der Waals surface area (Å²) in [6, 6.07) is 8.00. The average molecular weight is 520 g/mol. The number of para-hydroxylation sites is 1. The Hall–Kier alpha value is -2.60. The molecule has 0 bridgehead atoms. The molecule has 1 aliphatic rings. The van der Waals surface area contributed by atoms with Crippen LogP contribution in [0.3, 0.4) is 0 Å². The Morgan fingerprint density at radius 2 is 1.83 bits per heavy atom. The Balaban J connectivity index is 1.78. The van der Waals surface area contributed by atoms with Crippen molar-refractivity contribution in [3.63, 3.8) is 0 Å². The lowest BCUT2D eigenvalue weighted by molar-refractivity contribution is -0.250. The molecule has 11 heteroatoms. The third-order valence-corrected chi connectivity index (χ3v) is 6.87. The maximum Gasteiger partial charge on any atom is 0.241 e. The fraction of sp³-hybridized carbons (Fsp3) is 0.560. The number of rotatable bonds is 16. The van der Waals surface area contributed by atoms with E-state index in [1.165, 1.54) is 6.26 Å². The van der Waals surface area contributed by atoms with Gasteiger partial charge in [-0.2, -0.15) is 9.83 Å². The van der Waals surface area contributed by atoms with E-state index >= 15 is 0 Å². The van der Waals surface area contributed by atoms with Gasteiger partial charge in [0.2, 0.25) is 21.5 Å². The van der Waals surface area contributed by atoms with Crippen LogP contribution in [0.25, 0.3) is 10.9 Å². The summed E-state index contributed by atoms with van der Waals surface area (Å²) in [7, 11) is -3.23. The van der Waals surface area contributed by atoms with Crippen molar-refractivity contribution in [1.29, 1.82) is 0 Å². The van der Waals surface area contributed by atoms with Crippen LogP contribution in [-0.4, -0.2) is 57.8 Å². The van der Waals surface area contributed by atoms with Crippen molar-refractivity contribution in [2.75, 3.05) is 32.5 Å². The highest BCUT2D eigenvalue weighted by atomic mass is 32.2. The van der Waals surface area contributed by atoms with Crippen molar-refractivity contribution in [2.24, 2.45) is 4.99 Å². The molecule has 10 nitrogen and oxygen atoms in total. The van der Waals surface area contributed by atoms with Gasteiger partial charge in [0.05, 0.1) is 23.4 Å². The van der Waals surface area contributed by atoms with Crippen molar-refractivity contribution in [1.82, 2.24) is 19.7 Å². The molecule has 0 saturated heterocycles. The first-order valence-electron chi connectivity index (χ1n) is 12.7. The van der Waals surface area contributed by atoms with Crippen LogP contribution in [-0.2, 0) is 14.9 Å². The number of benzene rings is 1. The highest BCUT2D eigenvalue weighted by Gasteiger charge is 2.47. The van der Waals surface area contributed by atoms with Crippen LogP contribution in [0.15, 0.2) is 35.5 Å². The molecule has 0 fully saturated rings. The van der Waals surface area contributed by atoms with E-state index in [1.807, 2.05) is 24.4 Å². The highest BCUT2D eigenvalue weighted by molar-refractivity contribution is 7.88. The maximum absolute atomic E-state index is 11.5. The number of amides is 1. The quantitative estimate of drug-likeness (QED) is 0.259. The minimum atomic E-state index is -3.23. The van der Waals surface area contributed by atoms with Crippen LogP contribution >= 0.6 is 0 Å². The molecule has 36 heavy (non-hydrogen) atoms. The van der Waals surface area contributed by atoms with Gasteiger partial charge in [0, 0.05) is 25.9 Å². The van der Waals surface area contributed by atoms with Gasteiger partial charge in [-0.3, -0.25) is 4.98 Å². The first kappa shape index (κ1) is 28.0. The number of quaternary nitrogens is 1. The van der Waals surface area contributed by atoms with E-state index in [-0.39, 0.29) is 4.65 Å². The maximum atomic E-state index is 11.5. The van der Waals surface area contributed by atoms with Crippen molar-refractivity contribution >= 4 is 44.2 Å². The third-order valence-electron chi connectivity index (χ3n) is 6.15. The lowest BCUT2D eigenvalue weighted by atomic mass is 10.1. The van der Waals surface area contributed by atoms with Gasteiger partial charge in [-0.1, -0.05) is 31.9 Å². The SMILES string of the molecule is CCCC1=Nc2cnc3ccccc3c2[N+]1(CCCCNS(C)(=O)=O)OCCCCCCNC(=O)[O-]. The molecule has 1 aliphatic heterocycles. The Bertz CT molecular complexity index is 1170. The minimum absolute atomic E-state index is 0.206. The molecule has 0 radical (unpaired) electrons. The fourth-order valence-corrected chi connectivity index (χ4v) is 5.05. The summed E-state index contributed by atoms with van der Waals surface area (Å²) in [5.74, 6) is 0.944. The van der Waals surface area contributed by atoms with Crippen LogP contribution < -0.4 is 19.8 Å². The Kier molecular flexibility index (Phi) is 10.2. The van der Waals surface area contributed by atoms with Gasteiger partial charge in [0.1, 0.15) is 19.2 Å². The Morgan fingerprint density at radius 1 is 1.08 bits per heavy atom. The Labute approximate surface area is 213 Å². The standard InChI is InChI=1S/C25H37N5O5S/c1-3-12-23-29-22-19-27-21-14-7-6-13-20(21)24(22)30(23,17-10-9-16-28-36(2,33)34)35-18-11-5-4-8-15-26-25(31)32/h6-7,13-14,19,26,28H,3-5,8-12,15-18H2,1-2H3. The molecule has 198 valence electrons. The summed E-state index contributed by atoms with van der Waals surface area (Å²) in [6.07, 6.45) is 8.25. The van der Waals surface area contributed by atoms with Crippen LogP contribution in [0.5, 0.6) is 0 Å². The topological polar surface area (TPSA) is 133 Å². The second-order valence-corrected chi connectivity index (χ2v) is 10.9. The molecule has 1 atom stereocenters. The number of carbonyl (C=O) groups excluding carboxylic acids is 1. The minimum Gasteiger partial charge on any atom is -0.530 e. The van der Waals surface area contributed by atoms with Gasteiger partial charge in [0.15, 0.2) is 5.69 Å². The number of nitrogens with one attached hydrogen (secondary N) is 2. The number of amidine groups is 1. The number of hydrogen-bond donors (Lipinski definition) is 2. The van der Waals surface area contributed by atoms with E-state index in [0.717, 1.165) is 73.1 Å². The zero-order chi connectivity index (χ0) is 26.0. The zero-order valence-electron chi connectivity index (χ0n) is 21.2. The zero-order valence-corrected chi connectivity index (χ0v) is 22.0. The van der Waals surface area contributed by atoms with Crippen molar-refractivity contribution < 1.29 is 23.2 Å². The molecule has 0 aliphatic carbocycles. The third kappa shape index (κ3) is 7.45. The lowest BCUT2D eigenvalue weighted by Gasteiger charge is -2.33. The van der Waals surface area contributed by atoms with Crippen LogP contribution in [0.4, 0.5) is 16.2 Å². The molecular weight excluding hydrogens is 482 g/mol. The number of unbranched alkanes of at least 4 members (excludes halogenated alkanes) is 4. The Morgan fingerprint density at radius 3 is 2.58 bits per heavy atom. The van der Waals surface area contributed by atoms with E-state index in [2.05, 4.69) is 28.0 Å². The molecule has 2 aromatic rings. The van der Waals surface area contributed by atoms with Gasteiger partial charge in [-0.05, 0) is 37.8 Å². The van der Waals surface area contributed by atoms with Gasteiger partial charge >= 0.3 is 0 Å². The fourth-order valence-electron chi connectivity index (χ4n) is 4.54. The summed E-state index contributed by atoms with van der Waals surface area (Å²) in [4.78, 5) is 26.7. The van der Waals surface area contributed by atoms with E-state index < -0.39 is 16.1 Å². The molecule has 2 N–H and O–H groups in total. The number of pyridine rings is 1. The molecule has 1 amide bonds. The number of aliphatic imine (C=N–C) groups is 1. The van der Waals surface area contributed by atoms with E-state index in [9.17, 15) is 18.3 Å². The smallest absolute Gasteiger partial charge is 0.241 e. The van der Waals surface area contributed by atoms with Crippen LogP contribution in [0.1, 0.15) is 58.3 Å². The number of hydrogen-bond acceptors (Lipinski definition) is 7. The number of nitrogens with zero attached hydrogens (tertiary/aromatic N) is 3. The van der Waals surface area contributed by atoms with Gasteiger partial charge in [-0.25, -0.2) is 13.1 Å². The first-order valence-corrected chi connectivity index (χ1v) is 14.5. The van der Waals surface area contributed by atoms with Crippen LogP contribution in [0, 0.1) is 0 Å². The first-order chi connectivity index (χ1) is 17.3. The summed E-state index contributed by atoms with van der Waals surface area (Å²) in [5.41, 5.74) is 2.70. The summed E-state index contributed by atoms with van der Waals surface area (Å²) >= 11 is 0. The summed E-state index contributed by atoms with van der Waals surface area (Å²) < 4.78 is 25.7. The monoisotopic (exact) mass is 519 g/mol. The van der Waals surface area contributed by atoms with Gasteiger partial charge in [-0.15, -0.1) is 4.65 Å². The molecule has 3 rings (SSSR count). The van der Waals surface area contributed by atoms with Gasteiger partial charge < -0.3 is 15.2 Å². The van der Waals surface area contributed by atoms with Crippen molar-refractivity contribution in [3.8, 4) is 0 Å². The second kappa shape index (κ2) is 13.1. The average Bonchev–Trinajstić information content (AvgIpc) is 3.13. The van der Waals surface area contributed by atoms with E-state index in [0.29, 0.717) is 32.7 Å². The number of sulfonamides is 1. The van der Waals surface area contributed by atoms with Crippen molar-refractivity contribution in [3.05, 3.63) is 30.5 Å². The second-order valence-electron chi connectivity index (χ2n) is 9.09. The van der Waals surface area contributed by atoms with Crippen LogP contribution in [0.2, 0.25) is 0 Å². The summed E-state index contributed by atoms with van der Waals surface area (Å²) in [6.45, 7) is 4.05. The number of aromatic nitrogens is 1. The highest BCUT2D eigenvalue weighted by Crippen LogP contribution is 2.46. The largest absolute Gasteiger partial charge is 0.530 e. The number of fused-ring (bicyclic) bond motifs is 3. The normalized spacial score (nSPS) is 17.2. The predicted molar refractivity (Wildman–Crippen MR) is 140 cm³/mol. The van der Waals surface area contributed by atoms with Crippen molar-refractivity contribution in [2.45, 2.75) is 58.3 Å².